The second-order valence-electron chi connectivity index (χ2n) is 4.27. The van der Waals surface area contributed by atoms with Crippen molar-refractivity contribution in [1.29, 1.82) is 0 Å². The molecule has 0 amide bonds. The van der Waals surface area contributed by atoms with Crippen LogP contribution in [0.2, 0.25) is 5.02 Å². The topological polar surface area (TPSA) is 15.3 Å². The molecule has 1 atom stereocenters. The zero-order chi connectivity index (χ0) is 11.5. The fourth-order valence-corrected chi connectivity index (χ4v) is 2.44. The summed E-state index contributed by atoms with van der Waals surface area (Å²) in [7, 11) is 0. The summed E-state index contributed by atoms with van der Waals surface area (Å²) in [5.74, 6) is 0. The van der Waals surface area contributed by atoms with Crippen molar-refractivity contribution >= 4 is 39.9 Å². The zero-order valence-electron chi connectivity index (χ0n) is 9.75. The minimum absolute atomic E-state index is 0. The second-order valence-corrected chi connectivity index (χ2v) is 5.53. The molecule has 1 N–H and O–H groups in total. The van der Waals surface area contributed by atoms with Crippen LogP contribution in [-0.4, -0.2) is 30.6 Å². The van der Waals surface area contributed by atoms with E-state index in [0.29, 0.717) is 6.04 Å². The van der Waals surface area contributed by atoms with E-state index in [9.17, 15) is 0 Å². The van der Waals surface area contributed by atoms with Crippen molar-refractivity contribution in [3.05, 3.63) is 33.3 Å². The molecule has 5 heteroatoms. The van der Waals surface area contributed by atoms with Gasteiger partial charge in [0.15, 0.2) is 0 Å². The Hall–Kier alpha value is 0.200. The molecule has 0 saturated carbocycles. The molecule has 1 heterocycles. The summed E-state index contributed by atoms with van der Waals surface area (Å²) in [6, 6.07) is 6.78. The maximum atomic E-state index is 6.09. The summed E-state index contributed by atoms with van der Waals surface area (Å²) >= 11 is 9.50. The third-order valence-electron chi connectivity index (χ3n) is 3.01. The quantitative estimate of drug-likeness (QED) is 0.889. The Labute approximate surface area is 122 Å². The van der Waals surface area contributed by atoms with Gasteiger partial charge in [0.2, 0.25) is 0 Å². The minimum atomic E-state index is 0. The molecule has 17 heavy (non-hydrogen) atoms. The number of nitrogens with zero attached hydrogens (tertiary/aromatic N) is 1. The predicted molar refractivity (Wildman–Crippen MR) is 79.1 cm³/mol. The smallest absolute Gasteiger partial charge is 0.0551 e. The van der Waals surface area contributed by atoms with E-state index < -0.39 is 0 Å². The van der Waals surface area contributed by atoms with Gasteiger partial charge < -0.3 is 5.32 Å². The molecular weight excluding hydrogens is 323 g/mol. The molecule has 0 radical (unpaired) electrons. The molecule has 1 aromatic carbocycles. The molecule has 0 aliphatic carbocycles. The summed E-state index contributed by atoms with van der Waals surface area (Å²) in [4.78, 5) is 2.48. The molecule has 1 fully saturated rings. The van der Waals surface area contributed by atoms with Gasteiger partial charge in [0.1, 0.15) is 0 Å². The summed E-state index contributed by atoms with van der Waals surface area (Å²) in [5.41, 5.74) is 1.28. The van der Waals surface area contributed by atoms with Gasteiger partial charge in [-0.3, -0.25) is 4.90 Å². The highest BCUT2D eigenvalue weighted by Crippen LogP contribution is 2.24. The van der Waals surface area contributed by atoms with Crippen LogP contribution in [0.1, 0.15) is 12.5 Å². The van der Waals surface area contributed by atoms with Crippen LogP contribution in [-0.2, 0) is 6.54 Å². The van der Waals surface area contributed by atoms with Crippen molar-refractivity contribution in [2.45, 2.75) is 19.5 Å². The predicted octanol–water partition coefficient (Wildman–Crippen LogP) is 3.32. The fourth-order valence-electron chi connectivity index (χ4n) is 1.99. The van der Waals surface area contributed by atoms with Crippen molar-refractivity contribution in [3.8, 4) is 0 Å². The first kappa shape index (κ1) is 15.3. The van der Waals surface area contributed by atoms with Crippen LogP contribution >= 0.6 is 39.9 Å². The standard InChI is InChI=1S/C12H16BrClN2.ClH/c1-9-7-15-4-5-16(9)8-10-2-3-11(13)12(14)6-10;/h2-3,6,9,15H,4-5,7-8H2,1H3;1H. The van der Waals surface area contributed by atoms with E-state index in [4.69, 9.17) is 11.6 Å². The Morgan fingerprint density at radius 1 is 1.53 bits per heavy atom. The highest BCUT2D eigenvalue weighted by molar-refractivity contribution is 9.10. The molecular formula is C12H17BrCl2N2. The number of rotatable bonds is 2. The average molecular weight is 340 g/mol. The van der Waals surface area contributed by atoms with Gasteiger partial charge in [-0.2, -0.15) is 0 Å². The second kappa shape index (κ2) is 6.95. The fraction of sp³-hybridized carbons (Fsp3) is 0.500. The van der Waals surface area contributed by atoms with Gasteiger partial charge in [-0.25, -0.2) is 0 Å². The minimum Gasteiger partial charge on any atom is -0.314 e. The zero-order valence-corrected chi connectivity index (χ0v) is 12.9. The number of benzene rings is 1. The molecule has 2 nitrogen and oxygen atoms in total. The summed E-state index contributed by atoms with van der Waals surface area (Å²) in [6.45, 7) is 6.50. The molecule has 1 aromatic rings. The van der Waals surface area contributed by atoms with E-state index in [1.165, 1.54) is 5.56 Å². The first-order valence-electron chi connectivity index (χ1n) is 5.55. The first-order chi connectivity index (χ1) is 7.66. The highest BCUT2D eigenvalue weighted by Gasteiger charge is 2.17. The number of halogens is 3. The van der Waals surface area contributed by atoms with Gasteiger partial charge in [-0.15, -0.1) is 12.4 Å². The Morgan fingerprint density at radius 3 is 2.94 bits per heavy atom. The molecule has 1 aliphatic rings. The lowest BCUT2D eigenvalue weighted by Gasteiger charge is -2.33. The van der Waals surface area contributed by atoms with Gasteiger partial charge in [-0.1, -0.05) is 17.7 Å². The van der Waals surface area contributed by atoms with E-state index in [-0.39, 0.29) is 12.4 Å². The maximum Gasteiger partial charge on any atom is 0.0551 e. The van der Waals surface area contributed by atoms with E-state index in [1.807, 2.05) is 12.1 Å². The Morgan fingerprint density at radius 2 is 2.29 bits per heavy atom. The molecule has 0 bridgehead atoms. The van der Waals surface area contributed by atoms with Crippen molar-refractivity contribution in [1.82, 2.24) is 10.2 Å². The Balaban J connectivity index is 0.00000144. The third kappa shape index (κ3) is 4.11. The molecule has 1 aliphatic heterocycles. The monoisotopic (exact) mass is 338 g/mol. The number of nitrogens with one attached hydrogen (secondary N) is 1. The summed E-state index contributed by atoms with van der Waals surface area (Å²) in [6.07, 6.45) is 0. The van der Waals surface area contributed by atoms with Gasteiger partial charge in [0.25, 0.3) is 0 Å². The first-order valence-corrected chi connectivity index (χ1v) is 6.72. The lowest BCUT2D eigenvalue weighted by Crippen LogP contribution is -2.49. The number of piperazine rings is 1. The van der Waals surface area contributed by atoms with Gasteiger partial charge in [0.05, 0.1) is 5.02 Å². The number of hydrogen-bond acceptors (Lipinski definition) is 2. The van der Waals surface area contributed by atoms with Crippen LogP contribution in [0.25, 0.3) is 0 Å². The maximum absolute atomic E-state index is 6.09. The van der Waals surface area contributed by atoms with Gasteiger partial charge in [-0.05, 0) is 40.5 Å². The van der Waals surface area contributed by atoms with Gasteiger partial charge >= 0.3 is 0 Å². The third-order valence-corrected chi connectivity index (χ3v) is 4.24. The summed E-state index contributed by atoms with van der Waals surface area (Å²) < 4.78 is 0.964. The molecule has 2 rings (SSSR count). The van der Waals surface area contributed by atoms with Crippen LogP contribution in [0.5, 0.6) is 0 Å². The molecule has 96 valence electrons. The molecule has 1 unspecified atom stereocenters. The van der Waals surface area contributed by atoms with Gasteiger partial charge in [0, 0.05) is 36.7 Å². The van der Waals surface area contributed by atoms with Crippen molar-refractivity contribution < 1.29 is 0 Å². The lowest BCUT2D eigenvalue weighted by molar-refractivity contribution is 0.165. The van der Waals surface area contributed by atoms with Crippen molar-refractivity contribution in [3.63, 3.8) is 0 Å². The van der Waals surface area contributed by atoms with E-state index >= 15 is 0 Å². The van der Waals surface area contributed by atoms with Crippen molar-refractivity contribution in [2.24, 2.45) is 0 Å². The van der Waals surface area contributed by atoms with Crippen LogP contribution in [0, 0.1) is 0 Å². The number of hydrogen-bond donors (Lipinski definition) is 1. The van der Waals surface area contributed by atoms with Crippen LogP contribution < -0.4 is 5.32 Å². The Bertz CT molecular complexity index is 374. The molecule has 0 aromatic heterocycles. The average Bonchev–Trinajstić information content (AvgIpc) is 2.27. The van der Waals surface area contributed by atoms with Crippen molar-refractivity contribution in [2.75, 3.05) is 19.6 Å². The van der Waals surface area contributed by atoms with E-state index in [2.05, 4.69) is 39.1 Å². The van der Waals surface area contributed by atoms with Crippen LogP contribution in [0.4, 0.5) is 0 Å². The SMILES string of the molecule is CC1CNCCN1Cc1ccc(Br)c(Cl)c1.Cl. The highest BCUT2D eigenvalue weighted by atomic mass is 79.9. The normalized spacial score (nSPS) is 21.0. The van der Waals surface area contributed by atoms with Crippen LogP contribution in [0.15, 0.2) is 22.7 Å². The van der Waals surface area contributed by atoms with Crippen LogP contribution in [0.3, 0.4) is 0 Å². The largest absolute Gasteiger partial charge is 0.314 e. The lowest BCUT2D eigenvalue weighted by atomic mass is 10.1. The molecule has 1 saturated heterocycles. The Kier molecular flexibility index (Phi) is 6.24. The molecule has 0 spiro atoms. The van der Waals surface area contributed by atoms with E-state index in [1.54, 1.807) is 0 Å². The summed E-state index contributed by atoms with van der Waals surface area (Å²) in [5, 5.41) is 4.19. The van der Waals surface area contributed by atoms with E-state index in [0.717, 1.165) is 35.7 Å².